The fraction of sp³-hybridized carbons (Fsp3) is 0.700. The molecular weight excluding hydrogens is 288 g/mol. The topological polar surface area (TPSA) is 49.7 Å². The maximum absolute atomic E-state index is 10.1. The number of aliphatic hydroxyl groups is 2. The standard InChI is InChI=1S/C20H28O3/c1-18-7-4-5-14(18)17-15(6-8-18)19(2)9-10-20(21,22)12-13(19)11-16(17)23-3/h4-5,9-10,13-14,16,21-22H,6-8,11-12H2,1-3H3/t13?,14-,16-,18-,19-/m0/s1. The Labute approximate surface area is 138 Å². The van der Waals surface area contributed by atoms with Gasteiger partial charge in [-0.1, -0.05) is 37.6 Å². The van der Waals surface area contributed by atoms with Gasteiger partial charge in [-0.3, -0.25) is 0 Å². The largest absolute Gasteiger partial charge is 0.377 e. The minimum absolute atomic E-state index is 0.0584. The molecule has 0 fully saturated rings. The first kappa shape index (κ1) is 15.6. The van der Waals surface area contributed by atoms with Gasteiger partial charge < -0.3 is 14.9 Å². The van der Waals surface area contributed by atoms with Gasteiger partial charge in [-0.05, 0) is 48.7 Å². The third-order valence-corrected chi connectivity index (χ3v) is 7.16. The van der Waals surface area contributed by atoms with E-state index >= 15 is 0 Å². The van der Waals surface area contributed by atoms with Crippen molar-refractivity contribution in [3.63, 3.8) is 0 Å². The van der Waals surface area contributed by atoms with E-state index in [1.54, 1.807) is 13.2 Å². The van der Waals surface area contributed by atoms with Crippen LogP contribution in [0.25, 0.3) is 0 Å². The molecule has 4 aliphatic rings. The summed E-state index contributed by atoms with van der Waals surface area (Å²) in [5.41, 5.74) is 3.27. The molecule has 0 heterocycles. The van der Waals surface area contributed by atoms with Crippen molar-refractivity contribution < 1.29 is 14.9 Å². The first-order valence-electron chi connectivity index (χ1n) is 8.87. The molecule has 0 spiro atoms. The number of hydrogen-bond donors (Lipinski definition) is 2. The van der Waals surface area contributed by atoms with Crippen LogP contribution in [-0.2, 0) is 4.74 Å². The van der Waals surface area contributed by atoms with Crippen molar-refractivity contribution in [2.45, 2.75) is 57.8 Å². The van der Waals surface area contributed by atoms with Gasteiger partial charge in [-0.15, -0.1) is 0 Å². The van der Waals surface area contributed by atoms with Crippen LogP contribution in [0.15, 0.2) is 35.5 Å². The first-order valence-corrected chi connectivity index (χ1v) is 8.87. The second-order valence-corrected chi connectivity index (χ2v) is 8.55. The molecule has 4 aliphatic carbocycles. The Morgan fingerprint density at radius 2 is 2.00 bits per heavy atom. The number of rotatable bonds is 1. The fourth-order valence-electron chi connectivity index (χ4n) is 5.66. The summed E-state index contributed by atoms with van der Waals surface area (Å²) in [7, 11) is 1.80. The van der Waals surface area contributed by atoms with Crippen LogP contribution in [0.3, 0.4) is 0 Å². The van der Waals surface area contributed by atoms with Crippen molar-refractivity contribution >= 4 is 0 Å². The predicted molar refractivity (Wildman–Crippen MR) is 89.6 cm³/mol. The van der Waals surface area contributed by atoms with Gasteiger partial charge in [0.15, 0.2) is 5.79 Å². The van der Waals surface area contributed by atoms with Gasteiger partial charge in [0.25, 0.3) is 0 Å². The van der Waals surface area contributed by atoms with Crippen molar-refractivity contribution in [1.82, 2.24) is 0 Å². The Morgan fingerprint density at radius 1 is 1.22 bits per heavy atom. The van der Waals surface area contributed by atoms with Gasteiger partial charge in [0.1, 0.15) is 0 Å². The predicted octanol–water partition coefficient (Wildman–Crippen LogP) is 3.34. The summed E-state index contributed by atoms with van der Waals surface area (Å²) in [4.78, 5) is 0. The summed E-state index contributed by atoms with van der Waals surface area (Å²) in [6.45, 7) is 4.69. The Kier molecular flexibility index (Phi) is 3.27. The summed E-state index contributed by atoms with van der Waals surface area (Å²) in [5.74, 6) is -0.963. The molecule has 0 amide bonds. The van der Waals surface area contributed by atoms with E-state index in [0.29, 0.717) is 17.8 Å². The van der Waals surface area contributed by atoms with E-state index < -0.39 is 5.79 Å². The third kappa shape index (κ3) is 2.13. The lowest BCUT2D eigenvalue weighted by Gasteiger charge is -2.54. The van der Waals surface area contributed by atoms with Crippen LogP contribution in [0.5, 0.6) is 0 Å². The number of fused-ring (bicyclic) bond motifs is 4. The summed E-state index contributed by atoms with van der Waals surface area (Å²) in [5, 5.41) is 20.1. The van der Waals surface area contributed by atoms with Crippen molar-refractivity contribution in [3.8, 4) is 0 Å². The maximum atomic E-state index is 10.1. The molecule has 5 atom stereocenters. The Hall–Kier alpha value is -0.900. The summed E-state index contributed by atoms with van der Waals surface area (Å²) in [6, 6.07) is 0. The fourth-order valence-corrected chi connectivity index (χ4v) is 5.66. The zero-order valence-electron chi connectivity index (χ0n) is 14.4. The minimum atomic E-state index is -1.67. The van der Waals surface area contributed by atoms with Crippen LogP contribution in [-0.4, -0.2) is 29.2 Å². The van der Waals surface area contributed by atoms with E-state index in [9.17, 15) is 10.2 Å². The molecule has 0 bridgehead atoms. The second kappa shape index (κ2) is 4.81. The Balaban J connectivity index is 1.86. The van der Waals surface area contributed by atoms with Gasteiger partial charge in [-0.25, -0.2) is 0 Å². The van der Waals surface area contributed by atoms with E-state index in [2.05, 4.69) is 32.1 Å². The van der Waals surface area contributed by atoms with Crippen LogP contribution < -0.4 is 0 Å². The molecule has 3 heteroatoms. The summed E-state index contributed by atoms with van der Waals surface area (Å²) < 4.78 is 5.90. The Bertz CT molecular complexity index is 614. The average Bonchev–Trinajstić information content (AvgIpc) is 2.89. The third-order valence-electron chi connectivity index (χ3n) is 7.16. The zero-order valence-corrected chi connectivity index (χ0v) is 14.4. The average molecular weight is 316 g/mol. The van der Waals surface area contributed by atoms with Crippen LogP contribution >= 0.6 is 0 Å². The summed E-state index contributed by atoms with van der Waals surface area (Å²) >= 11 is 0. The number of allylic oxidation sites excluding steroid dienone is 4. The maximum Gasteiger partial charge on any atom is 0.182 e. The molecule has 0 radical (unpaired) electrons. The van der Waals surface area contributed by atoms with E-state index in [-0.39, 0.29) is 17.4 Å². The highest BCUT2D eigenvalue weighted by Crippen LogP contribution is 2.61. The normalized spacial score (nSPS) is 47.3. The molecule has 0 aromatic carbocycles. The van der Waals surface area contributed by atoms with Gasteiger partial charge in [0.2, 0.25) is 0 Å². The second-order valence-electron chi connectivity index (χ2n) is 8.55. The van der Waals surface area contributed by atoms with Crippen molar-refractivity contribution in [2.24, 2.45) is 22.7 Å². The minimum Gasteiger partial charge on any atom is -0.377 e. The summed E-state index contributed by atoms with van der Waals surface area (Å²) in [6.07, 6.45) is 13.2. The van der Waals surface area contributed by atoms with Crippen molar-refractivity contribution in [1.29, 1.82) is 0 Å². The number of ether oxygens (including phenoxy) is 1. The molecule has 2 N–H and O–H groups in total. The monoisotopic (exact) mass is 316 g/mol. The van der Waals surface area contributed by atoms with E-state index in [4.69, 9.17) is 4.74 Å². The highest BCUT2D eigenvalue weighted by atomic mass is 16.5. The van der Waals surface area contributed by atoms with Crippen LogP contribution in [0.2, 0.25) is 0 Å². The molecule has 1 unspecified atom stereocenters. The highest BCUT2D eigenvalue weighted by Gasteiger charge is 2.54. The van der Waals surface area contributed by atoms with Gasteiger partial charge in [0.05, 0.1) is 6.10 Å². The van der Waals surface area contributed by atoms with Gasteiger partial charge in [-0.2, -0.15) is 0 Å². The number of hydrogen-bond acceptors (Lipinski definition) is 3. The van der Waals surface area contributed by atoms with E-state index in [0.717, 1.165) is 19.3 Å². The molecule has 4 rings (SSSR count). The zero-order chi connectivity index (χ0) is 16.5. The molecule has 0 aliphatic heterocycles. The lowest BCUT2D eigenvalue weighted by atomic mass is 9.52. The molecular formula is C20H28O3. The van der Waals surface area contributed by atoms with E-state index in [1.807, 2.05) is 0 Å². The van der Waals surface area contributed by atoms with Crippen molar-refractivity contribution in [3.05, 3.63) is 35.5 Å². The SMILES string of the molecule is CO[C@H]1CC2CC(O)(O)C=C[C@]2(C)C2=C1[C@@H]1C=CC[C@@]1(C)CC2. The lowest BCUT2D eigenvalue weighted by Crippen LogP contribution is -2.49. The molecule has 0 aromatic rings. The van der Waals surface area contributed by atoms with Crippen LogP contribution in [0.1, 0.15) is 46.0 Å². The smallest absolute Gasteiger partial charge is 0.182 e. The van der Waals surface area contributed by atoms with Crippen LogP contribution in [0, 0.1) is 22.7 Å². The highest BCUT2D eigenvalue weighted by molar-refractivity contribution is 5.43. The van der Waals surface area contributed by atoms with Gasteiger partial charge >= 0.3 is 0 Å². The molecule has 0 aromatic heterocycles. The molecule has 3 nitrogen and oxygen atoms in total. The molecule has 23 heavy (non-hydrogen) atoms. The molecule has 0 saturated carbocycles. The first-order chi connectivity index (χ1) is 10.8. The van der Waals surface area contributed by atoms with Gasteiger partial charge in [0, 0.05) is 24.9 Å². The quantitative estimate of drug-likeness (QED) is 0.576. The van der Waals surface area contributed by atoms with Crippen LogP contribution in [0.4, 0.5) is 0 Å². The number of methoxy groups -OCH3 is 1. The molecule has 126 valence electrons. The molecule has 0 saturated heterocycles. The van der Waals surface area contributed by atoms with E-state index in [1.165, 1.54) is 17.6 Å². The lowest BCUT2D eigenvalue weighted by molar-refractivity contribution is -0.149. The Morgan fingerprint density at radius 3 is 2.74 bits per heavy atom. The van der Waals surface area contributed by atoms with Crippen molar-refractivity contribution in [2.75, 3.05) is 7.11 Å².